The molecule has 94 valence electrons. The van der Waals surface area contributed by atoms with Gasteiger partial charge in [0, 0.05) is 23.0 Å². The Balaban J connectivity index is 1.72. The van der Waals surface area contributed by atoms with Crippen molar-refractivity contribution in [3.8, 4) is 0 Å². The SMILES string of the molecule is O=C(c1ccccc1)C1CC1C(=O)c1ccccc1. The molecule has 19 heavy (non-hydrogen) atoms. The maximum atomic E-state index is 12.2. The Labute approximate surface area is 112 Å². The largest absolute Gasteiger partial charge is 0.294 e. The molecule has 0 aliphatic heterocycles. The Morgan fingerprint density at radius 3 is 1.42 bits per heavy atom. The molecule has 0 bridgehead atoms. The molecule has 2 heteroatoms. The summed E-state index contributed by atoms with van der Waals surface area (Å²) in [7, 11) is 0. The third-order valence-electron chi connectivity index (χ3n) is 3.58. The number of hydrogen-bond acceptors (Lipinski definition) is 2. The highest BCUT2D eigenvalue weighted by Gasteiger charge is 2.47. The minimum atomic E-state index is -0.130. The third-order valence-corrected chi connectivity index (χ3v) is 3.58. The lowest BCUT2D eigenvalue weighted by Gasteiger charge is -2.01. The van der Waals surface area contributed by atoms with Gasteiger partial charge in [-0.05, 0) is 6.42 Å². The highest BCUT2D eigenvalue weighted by atomic mass is 16.1. The second kappa shape index (κ2) is 4.81. The zero-order valence-electron chi connectivity index (χ0n) is 10.5. The van der Waals surface area contributed by atoms with E-state index in [1.165, 1.54) is 0 Å². The molecule has 1 saturated carbocycles. The number of carbonyl (C=O) groups is 2. The van der Waals surface area contributed by atoms with E-state index in [2.05, 4.69) is 0 Å². The van der Waals surface area contributed by atoms with Crippen molar-refractivity contribution < 1.29 is 9.59 Å². The molecule has 3 rings (SSSR count). The first-order valence-corrected chi connectivity index (χ1v) is 6.46. The molecule has 2 unspecified atom stereocenters. The first-order valence-electron chi connectivity index (χ1n) is 6.46. The van der Waals surface area contributed by atoms with Crippen molar-refractivity contribution >= 4 is 11.6 Å². The van der Waals surface area contributed by atoms with Crippen LogP contribution in [0.4, 0.5) is 0 Å². The van der Waals surface area contributed by atoms with Crippen molar-refractivity contribution in [1.82, 2.24) is 0 Å². The van der Waals surface area contributed by atoms with Gasteiger partial charge in [0.05, 0.1) is 0 Å². The topological polar surface area (TPSA) is 34.1 Å². The van der Waals surface area contributed by atoms with E-state index in [1.807, 2.05) is 60.7 Å². The van der Waals surface area contributed by atoms with E-state index in [-0.39, 0.29) is 23.4 Å². The summed E-state index contributed by atoms with van der Waals surface area (Å²) in [4.78, 5) is 24.4. The smallest absolute Gasteiger partial charge is 0.166 e. The molecule has 0 aromatic heterocycles. The summed E-state index contributed by atoms with van der Waals surface area (Å²) < 4.78 is 0. The van der Waals surface area contributed by atoms with Gasteiger partial charge in [-0.2, -0.15) is 0 Å². The van der Waals surface area contributed by atoms with Crippen molar-refractivity contribution in [1.29, 1.82) is 0 Å². The van der Waals surface area contributed by atoms with Crippen molar-refractivity contribution in [2.45, 2.75) is 6.42 Å². The van der Waals surface area contributed by atoms with Gasteiger partial charge in [0.1, 0.15) is 0 Å². The van der Waals surface area contributed by atoms with Gasteiger partial charge in [-0.1, -0.05) is 60.7 Å². The van der Waals surface area contributed by atoms with Crippen LogP contribution in [0, 0.1) is 11.8 Å². The Hall–Kier alpha value is -2.22. The lowest BCUT2D eigenvalue weighted by atomic mass is 10.0. The minimum Gasteiger partial charge on any atom is -0.294 e. The van der Waals surface area contributed by atoms with Crippen LogP contribution in [0.5, 0.6) is 0 Å². The second-order valence-electron chi connectivity index (χ2n) is 4.91. The van der Waals surface area contributed by atoms with Gasteiger partial charge in [0.25, 0.3) is 0 Å². The zero-order valence-corrected chi connectivity index (χ0v) is 10.5. The molecule has 2 atom stereocenters. The van der Waals surface area contributed by atoms with Gasteiger partial charge in [0.2, 0.25) is 0 Å². The summed E-state index contributed by atoms with van der Waals surface area (Å²) in [5, 5.41) is 0. The van der Waals surface area contributed by atoms with Crippen LogP contribution in [-0.2, 0) is 0 Å². The number of rotatable bonds is 4. The summed E-state index contributed by atoms with van der Waals surface area (Å²) in [6, 6.07) is 18.4. The van der Waals surface area contributed by atoms with Crippen LogP contribution in [0.2, 0.25) is 0 Å². The normalized spacial score (nSPS) is 20.8. The number of benzene rings is 2. The Morgan fingerprint density at radius 1 is 0.684 bits per heavy atom. The highest BCUT2D eigenvalue weighted by molar-refractivity contribution is 6.08. The Kier molecular flexibility index (Phi) is 3.00. The van der Waals surface area contributed by atoms with Crippen LogP contribution in [0.25, 0.3) is 0 Å². The van der Waals surface area contributed by atoms with E-state index in [0.29, 0.717) is 17.5 Å². The van der Waals surface area contributed by atoms with Crippen molar-refractivity contribution in [2.24, 2.45) is 11.8 Å². The van der Waals surface area contributed by atoms with Crippen LogP contribution in [-0.4, -0.2) is 11.6 Å². The van der Waals surface area contributed by atoms with E-state index >= 15 is 0 Å². The first kappa shape index (κ1) is 11.8. The molecule has 0 saturated heterocycles. The standard InChI is InChI=1S/C17H14O2/c18-16(12-7-3-1-4-8-12)14-11-15(14)17(19)13-9-5-2-6-10-13/h1-10,14-15H,11H2. The van der Waals surface area contributed by atoms with E-state index in [9.17, 15) is 9.59 Å². The summed E-state index contributed by atoms with van der Waals surface area (Å²) in [6.07, 6.45) is 0.682. The van der Waals surface area contributed by atoms with E-state index in [1.54, 1.807) is 0 Å². The van der Waals surface area contributed by atoms with E-state index in [0.717, 1.165) is 0 Å². The molecule has 2 aromatic carbocycles. The number of carbonyl (C=O) groups excluding carboxylic acids is 2. The molecule has 0 amide bonds. The molecule has 0 heterocycles. The van der Waals surface area contributed by atoms with Gasteiger partial charge in [-0.3, -0.25) is 9.59 Å². The van der Waals surface area contributed by atoms with E-state index in [4.69, 9.17) is 0 Å². The lowest BCUT2D eigenvalue weighted by Crippen LogP contribution is -2.09. The quantitative estimate of drug-likeness (QED) is 0.779. The Bertz CT molecular complexity index is 546. The third kappa shape index (κ3) is 2.34. The minimum absolute atomic E-state index is 0.0925. The summed E-state index contributed by atoms with van der Waals surface area (Å²) >= 11 is 0. The number of hydrogen-bond donors (Lipinski definition) is 0. The molecular weight excluding hydrogens is 236 g/mol. The van der Waals surface area contributed by atoms with Gasteiger partial charge in [-0.15, -0.1) is 0 Å². The van der Waals surface area contributed by atoms with Gasteiger partial charge >= 0.3 is 0 Å². The fourth-order valence-corrected chi connectivity index (χ4v) is 2.41. The second-order valence-corrected chi connectivity index (χ2v) is 4.91. The monoisotopic (exact) mass is 250 g/mol. The van der Waals surface area contributed by atoms with Gasteiger partial charge in [-0.25, -0.2) is 0 Å². The zero-order chi connectivity index (χ0) is 13.2. The molecule has 2 nitrogen and oxygen atoms in total. The fourth-order valence-electron chi connectivity index (χ4n) is 2.41. The summed E-state index contributed by atoms with van der Waals surface area (Å²) in [5.74, 6) is -0.0741. The molecule has 0 radical (unpaired) electrons. The van der Waals surface area contributed by atoms with Crippen LogP contribution >= 0.6 is 0 Å². The summed E-state index contributed by atoms with van der Waals surface area (Å²) in [5.41, 5.74) is 1.41. The number of ketones is 2. The number of Topliss-reactive ketones (excluding diaryl/α,β-unsaturated/α-hetero) is 2. The van der Waals surface area contributed by atoms with Gasteiger partial charge in [0.15, 0.2) is 11.6 Å². The predicted octanol–water partition coefficient (Wildman–Crippen LogP) is 3.39. The maximum absolute atomic E-state index is 12.2. The molecule has 2 aromatic rings. The van der Waals surface area contributed by atoms with Gasteiger partial charge < -0.3 is 0 Å². The van der Waals surface area contributed by atoms with Crippen LogP contribution in [0.15, 0.2) is 60.7 Å². The molecule has 0 N–H and O–H groups in total. The molecule has 1 aliphatic rings. The predicted molar refractivity (Wildman–Crippen MR) is 73.1 cm³/mol. The molecular formula is C17H14O2. The van der Waals surface area contributed by atoms with E-state index < -0.39 is 0 Å². The van der Waals surface area contributed by atoms with Crippen LogP contribution < -0.4 is 0 Å². The lowest BCUT2D eigenvalue weighted by molar-refractivity contribution is 0.0906. The van der Waals surface area contributed by atoms with Crippen molar-refractivity contribution in [2.75, 3.05) is 0 Å². The highest BCUT2D eigenvalue weighted by Crippen LogP contribution is 2.43. The maximum Gasteiger partial charge on any atom is 0.166 e. The van der Waals surface area contributed by atoms with Crippen molar-refractivity contribution in [3.05, 3.63) is 71.8 Å². The fraction of sp³-hybridized carbons (Fsp3) is 0.176. The average Bonchev–Trinajstić information content (AvgIpc) is 3.28. The summed E-state index contributed by atoms with van der Waals surface area (Å²) in [6.45, 7) is 0. The Morgan fingerprint density at radius 2 is 1.05 bits per heavy atom. The van der Waals surface area contributed by atoms with Crippen LogP contribution in [0.1, 0.15) is 27.1 Å². The average molecular weight is 250 g/mol. The molecule has 1 fully saturated rings. The van der Waals surface area contributed by atoms with Crippen LogP contribution in [0.3, 0.4) is 0 Å². The van der Waals surface area contributed by atoms with Crippen molar-refractivity contribution in [3.63, 3.8) is 0 Å². The molecule has 0 spiro atoms. The molecule has 1 aliphatic carbocycles. The first-order chi connectivity index (χ1) is 9.27.